The number of rotatable bonds is 8. The van der Waals surface area contributed by atoms with Crippen LogP contribution in [0.5, 0.6) is 0 Å². The molecule has 1 saturated heterocycles. The van der Waals surface area contributed by atoms with E-state index in [1.165, 1.54) is 24.6 Å². The molecule has 214 valence electrons. The topological polar surface area (TPSA) is 100 Å². The first-order valence-electron chi connectivity index (χ1n) is 13.9. The zero-order chi connectivity index (χ0) is 29.3. The molecule has 0 amide bonds. The Balaban J connectivity index is 1.18. The molecule has 0 atom stereocenters. The lowest BCUT2D eigenvalue weighted by atomic mass is 10.0. The third-order valence-corrected chi connectivity index (χ3v) is 8.45. The van der Waals surface area contributed by atoms with Crippen LogP contribution in [0.15, 0.2) is 79.5 Å². The van der Waals surface area contributed by atoms with Gasteiger partial charge in [0.05, 0.1) is 27.6 Å². The monoisotopic (exact) mass is 608 g/mol. The fourth-order valence-corrected chi connectivity index (χ4v) is 6.07. The van der Waals surface area contributed by atoms with E-state index in [4.69, 9.17) is 28.2 Å². The largest absolute Gasteiger partial charge is 0.337 e. The lowest BCUT2D eigenvalue weighted by molar-refractivity contribution is 0.111. The lowest BCUT2D eigenvalue weighted by Crippen LogP contribution is -2.18. The number of nitrogens with zero attached hydrogens (tertiary/aromatic N) is 6. The van der Waals surface area contributed by atoms with Crippen molar-refractivity contribution in [2.75, 3.05) is 23.7 Å². The van der Waals surface area contributed by atoms with Crippen molar-refractivity contribution >= 4 is 69.0 Å². The van der Waals surface area contributed by atoms with Gasteiger partial charge in [-0.25, -0.2) is 15.0 Å². The smallest absolute Gasteiger partial charge is 0.181 e. The fourth-order valence-electron chi connectivity index (χ4n) is 5.52. The highest BCUT2D eigenvalue weighted by atomic mass is 35.5. The van der Waals surface area contributed by atoms with E-state index in [0.717, 1.165) is 48.0 Å². The summed E-state index contributed by atoms with van der Waals surface area (Å²) in [5.41, 5.74) is 5.69. The molecule has 5 heterocycles. The summed E-state index contributed by atoms with van der Waals surface area (Å²) >= 11 is 13.9. The quantitative estimate of drug-likeness (QED) is 0.171. The van der Waals surface area contributed by atoms with Crippen molar-refractivity contribution in [2.24, 2.45) is 0 Å². The van der Waals surface area contributed by atoms with Crippen LogP contribution < -0.4 is 10.6 Å². The molecule has 2 aromatic carbocycles. The van der Waals surface area contributed by atoms with E-state index in [2.05, 4.69) is 36.6 Å². The molecule has 1 fully saturated rings. The molecular weight excluding hydrogens is 583 g/mol. The number of carbonyl (C=O) groups excluding carboxylic acids is 1. The summed E-state index contributed by atoms with van der Waals surface area (Å²) in [5, 5.41) is 8.63. The summed E-state index contributed by atoms with van der Waals surface area (Å²) < 4.78 is 1.66. The van der Waals surface area contributed by atoms with Crippen molar-refractivity contribution in [3.8, 4) is 11.1 Å². The number of carbonyl (C=O) groups is 1. The summed E-state index contributed by atoms with van der Waals surface area (Å²) in [7, 11) is 0. The number of fused-ring (bicyclic) bond motifs is 2. The summed E-state index contributed by atoms with van der Waals surface area (Å²) in [6, 6.07) is 15.5. The van der Waals surface area contributed by atoms with E-state index >= 15 is 0 Å². The van der Waals surface area contributed by atoms with Gasteiger partial charge < -0.3 is 10.6 Å². The number of halogens is 2. The van der Waals surface area contributed by atoms with E-state index in [-0.39, 0.29) is 0 Å². The summed E-state index contributed by atoms with van der Waals surface area (Å²) in [6.07, 6.45) is 11.8. The number of pyridine rings is 2. The van der Waals surface area contributed by atoms with Crippen LogP contribution in [0.4, 0.5) is 23.0 Å². The second kappa shape index (κ2) is 11.6. The standard InChI is InChI=1S/C32H26Cl2N8O/c33-27-23(24-6-4-8-26(28(24)34)40-31-32-38-17-22(19-43)42(32)14-11-36-31)5-3-7-25(27)39-30-29-21(9-10-35-30)15-20(16-37-29)18-41-12-1-2-13-41/h3-11,14-17,19H,1-2,12-13,18H2,(H,35,39)(H,36,40). The van der Waals surface area contributed by atoms with Crippen LogP contribution in [0.1, 0.15) is 28.9 Å². The molecule has 4 aromatic heterocycles. The SMILES string of the molecule is O=Cc1cnc2c(Nc3cccc(-c4cccc(Nc5nccc6cc(CN7CCCC7)cnc56)c4Cl)c3Cl)nccn12. The Morgan fingerprint density at radius 2 is 1.51 bits per heavy atom. The number of nitrogens with one attached hydrogen (secondary N) is 2. The molecule has 0 bridgehead atoms. The molecule has 1 aliphatic heterocycles. The van der Waals surface area contributed by atoms with Crippen LogP contribution in [0, 0.1) is 0 Å². The molecule has 0 saturated carbocycles. The highest BCUT2D eigenvalue weighted by Gasteiger charge is 2.17. The average molecular weight is 610 g/mol. The Hall–Kier alpha value is -4.57. The number of anilines is 4. The van der Waals surface area contributed by atoms with Gasteiger partial charge in [-0.3, -0.25) is 19.1 Å². The Morgan fingerprint density at radius 1 is 0.814 bits per heavy atom. The summed E-state index contributed by atoms with van der Waals surface area (Å²) in [6.45, 7) is 3.18. The Bertz CT molecular complexity index is 1990. The Morgan fingerprint density at radius 3 is 2.23 bits per heavy atom. The molecule has 6 aromatic rings. The zero-order valence-electron chi connectivity index (χ0n) is 23.0. The van der Waals surface area contributed by atoms with Crippen LogP contribution >= 0.6 is 23.2 Å². The van der Waals surface area contributed by atoms with Gasteiger partial charge in [0.1, 0.15) is 11.2 Å². The third kappa shape index (κ3) is 5.27. The van der Waals surface area contributed by atoms with Crippen LogP contribution in [-0.2, 0) is 6.54 Å². The van der Waals surface area contributed by atoms with Crippen molar-refractivity contribution < 1.29 is 4.79 Å². The molecule has 1 aliphatic rings. The van der Waals surface area contributed by atoms with E-state index in [1.807, 2.05) is 48.7 Å². The average Bonchev–Trinajstić information content (AvgIpc) is 3.70. The summed E-state index contributed by atoms with van der Waals surface area (Å²) in [4.78, 5) is 31.9. The highest BCUT2D eigenvalue weighted by Crippen LogP contribution is 2.41. The maximum Gasteiger partial charge on any atom is 0.181 e. The van der Waals surface area contributed by atoms with Gasteiger partial charge in [-0.2, -0.15) is 0 Å². The lowest BCUT2D eigenvalue weighted by Gasteiger charge is -2.16. The van der Waals surface area contributed by atoms with Crippen LogP contribution in [0.3, 0.4) is 0 Å². The number of imidazole rings is 1. The highest BCUT2D eigenvalue weighted by molar-refractivity contribution is 6.39. The second-order valence-electron chi connectivity index (χ2n) is 10.4. The molecular formula is C32H26Cl2N8O. The van der Waals surface area contributed by atoms with Crippen molar-refractivity contribution in [3.63, 3.8) is 0 Å². The normalized spacial score (nSPS) is 13.5. The number of hydrogen-bond donors (Lipinski definition) is 2. The van der Waals surface area contributed by atoms with Crippen molar-refractivity contribution in [3.05, 3.63) is 101 Å². The molecule has 0 spiro atoms. The predicted octanol–water partition coefficient (Wildman–Crippen LogP) is 7.54. The van der Waals surface area contributed by atoms with Gasteiger partial charge in [0.15, 0.2) is 23.6 Å². The zero-order valence-corrected chi connectivity index (χ0v) is 24.5. The molecule has 7 rings (SSSR count). The minimum absolute atomic E-state index is 0.426. The molecule has 11 heteroatoms. The summed E-state index contributed by atoms with van der Waals surface area (Å²) in [5.74, 6) is 1.09. The number of hydrogen-bond acceptors (Lipinski definition) is 8. The number of aromatic nitrogens is 5. The Labute approximate surface area is 257 Å². The van der Waals surface area contributed by atoms with Crippen molar-refractivity contribution in [1.82, 2.24) is 29.2 Å². The van der Waals surface area contributed by atoms with E-state index in [9.17, 15) is 4.79 Å². The number of benzene rings is 2. The van der Waals surface area contributed by atoms with Gasteiger partial charge in [-0.05, 0) is 55.8 Å². The van der Waals surface area contributed by atoms with Gasteiger partial charge in [0.25, 0.3) is 0 Å². The van der Waals surface area contributed by atoms with E-state index in [0.29, 0.717) is 44.4 Å². The first-order chi connectivity index (χ1) is 21.1. The maximum absolute atomic E-state index is 11.4. The molecule has 0 radical (unpaired) electrons. The first-order valence-corrected chi connectivity index (χ1v) is 14.7. The third-order valence-electron chi connectivity index (χ3n) is 7.63. The minimum atomic E-state index is 0.426. The molecule has 0 aliphatic carbocycles. The first kappa shape index (κ1) is 27.3. The van der Waals surface area contributed by atoms with Crippen molar-refractivity contribution in [1.29, 1.82) is 0 Å². The number of aldehydes is 1. The number of likely N-dealkylation sites (tertiary alicyclic amines) is 1. The molecule has 43 heavy (non-hydrogen) atoms. The van der Waals surface area contributed by atoms with Gasteiger partial charge >= 0.3 is 0 Å². The maximum atomic E-state index is 11.4. The van der Waals surface area contributed by atoms with Gasteiger partial charge in [-0.15, -0.1) is 0 Å². The van der Waals surface area contributed by atoms with Gasteiger partial charge in [0, 0.05) is 47.8 Å². The van der Waals surface area contributed by atoms with Crippen LogP contribution in [0.2, 0.25) is 10.0 Å². The van der Waals surface area contributed by atoms with Gasteiger partial charge in [0.2, 0.25) is 0 Å². The van der Waals surface area contributed by atoms with E-state index < -0.39 is 0 Å². The van der Waals surface area contributed by atoms with E-state index in [1.54, 1.807) is 23.0 Å². The Kier molecular flexibility index (Phi) is 7.36. The second-order valence-corrected chi connectivity index (χ2v) is 11.2. The van der Waals surface area contributed by atoms with Crippen LogP contribution in [-0.4, -0.2) is 48.6 Å². The molecule has 0 unspecified atom stereocenters. The van der Waals surface area contributed by atoms with Gasteiger partial charge in [-0.1, -0.05) is 47.5 Å². The molecule has 2 N–H and O–H groups in total. The predicted molar refractivity (Wildman–Crippen MR) is 171 cm³/mol. The molecule has 9 nitrogen and oxygen atoms in total. The van der Waals surface area contributed by atoms with Crippen LogP contribution in [0.25, 0.3) is 27.7 Å². The fraction of sp³-hybridized carbons (Fsp3) is 0.156. The minimum Gasteiger partial charge on any atom is -0.337 e. The van der Waals surface area contributed by atoms with Crippen molar-refractivity contribution in [2.45, 2.75) is 19.4 Å².